The van der Waals surface area contributed by atoms with Gasteiger partial charge in [-0.05, 0) is 56.5 Å². The lowest BCUT2D eigenvalue weighted by Crippen LogP contribution is -2.38. The van der Waals surface area contributed by atoms with E-state index in [-0.39, 0.29) is 11.8 Å². The predicted octanol–water partition coefficient (Wildman–Crippen LogP) is 4.97. The average molecular weight is 398 g/mol. The van der Waals surface area contributed by atoms with Crippen LogP contribution in [0.1, 0.15) is 34.7 Å². The molecule has 2 aromatic heterocycles. The van der Waals surface area contributed by atoms with Gasteiger partial charge in [0, 0.05) is 51.9 Å². The second kappa shape index (κ2) is 7.03. The van der Waals surface area contributed by atoms with Crippen LogP contribution in [0.4, 0.5) is 0 Å². The minimum Gasteiger partial charge on any atom is -0.361 e. The summed E-state index contributed by atoms with van der Waals surface area (Å²) in [5, 5.41) is 15.3. The van der Waals surface area contributed by atoms with Crippen molar-refractivity contribution in [3.8, 4) is 17.2 Å². The largest absolute Gasteiger partial charge is 0.361 e. The van der Waals surface area contributed by atoms with Gasteiger partial charge in [0.15, 0.2) is 0 Å². The number of aromatic nitrogens is 2. The molecule has 0 spiro atoms. The Kier molecular flexibility index (Phi) is 4.32. The molecule has 5 rings (SSSR count). The Morgan fingerprint density at radius 2 is 1.93 bits per heavy atom. The second-order valence-electron chi connectivity index (χ2n) is 8.04. The van der Waals surface area contributed by atoms with Crippen molar-refractivity contribution in [1.82, 2.24) is 15.0 Å². The number of aryl methyl sites for hydroxylation is 2. The summed E-state index contributed by atoms with van der Waals surface area (Å²) in [6, 6.07) is 14.4. The molecule has 1 aliphatic heterocycles. The highest BCUT2D eigenvalue weighted by molar-refractivity contribution is 6.10. The smallest absolute Gasteiger partial charge is 0.253 e. The van der Waals surface area contributed by atoms with Crippen molar-refractivity contribution < 1.29 is 9.32 Å². The van der Waals surface area contributed by atoms with Gasteiger partial charge in [-0.1, -0.05) is 17.3 Å². The number of fused-ring (bicyclic) bond motifs is 3. The Hall–Kier alpha value is -3.59. The summed E-state index contributed by atoms with van der Waals surface area (Å²) in [7, 11) is 0. The lowest BCUT2D eigenvalue weighted by molar-refractivity contribution is 0.0707. The van der Waals surface area contributed by atoms with Gasteiger partial charge in [-0.3, -0.25) is 4.79 Å². The van der Waals surface area contributed by atoms with E-state index in [9.17, 15) is 4.79 Å². The van der Waals surface area contributed by atoms with E-state index in [1.54, 1.807) is 0 Å². The number of aromatic amines is 1. The summed E-state index contributed by atoms with van der Waals surface area (Å²) in [6.45, 7) is 5.15. The van der Waals surface area contributed by atoms with Crippen LogP contribution in [0, 0.1) is 31.1 Å². The SMILES string of the molecule is Cc1noc(C)c1-c1ccc2[nH]c3cc(C(=O)N4CCC(C#N)CC4)ccc3c2c1. The number of carbonyl (C=O) groups is 1. The van der Waals surface area contributed by atoms with Gasteiger partial charge in [0.2, 0.25) is 0 Å². The molecule has 6 heteroatoms. The Balaban J connectivity index is 1.51. The minimum absolute atomic E-state index is 0.0309. The van der Waals surface area contributed by atoms with E-state index < -0.39 is 0 Å². The first-order valence-electron chi connectivity index (χ1n) is 10.2. The summed E-state index contributed by atoms with van der Waals surface area (Å²) in [6.07, 6.45) is 1.50. The summed E-state index contributed by atoms with van der Waals surface area (Å²) in [4.78, 5) is 18.2. The van der Waals surface area contributed by atoms with Crippen molar-refractivity contribution in [3.05, 3.63) is 53.4 Å². The molecule has 1 amide bonds. The number of nitrogens with zero attached hydrogens (tertiary/aromatic N) is 3. The normalized spacial score (nSPS) is 15.0. The molecule has 150 valence electrons. The number of H-pyrrole nitrogens is 1. The molecule has 0 saturated carbocycles. The van der Waals surface area contributed by atoms with Gasteiger partial charge < -0.3 is 14.4 Å². The van der Waals surface area contributed by atoms with Gasteiger partial charge in [0.25, 0.3) is 5.91 Å². The van der Waals surface area contributed by atoms with Crippen molar-refractivity contribution in [2.24, 2.45) is 5.92 Å². The van der Waals surface area contributed by atoms with Crippen LogP contribution in [0.25, 0.3) is 32.9 Å². The van der Waals surface area contributed by atoms with Crippen LogP contribution in [-0.4, -0.2) is 34.0 Å². The van der Waals surface area contributed by atoms with Crippen LogP contribution in [0.15, 0.2) is 40.9 Å². The molecule has 4 aromatic rings. The molecule has 3 heterocycles. The molecule has 0 bridgehead atoms. The molecule has 1 N–H and O–H groups in total. The number of nitrogens with one attached hydrogen (secondary N) is 1. The Labute approximate surface area is 174 Å². The van der Waals surface area contributed by atoms with E-state index in [2.05, 4.69) is 34.4 Å². The van der Waals surface area contributed by atoms with Gasteiger partial charge in [-0.15, -0.1) is 0 Å². The zero-order chi connectivity index (χ0) is 20.8. The molecule has 0 atom stereocenters. The fourth-order valence-corrected chi connectivity index (χ4v) is 4.48. The van der Waals surface area contributed by atoms with Crippen LogP contribution in [0.3, 0.4) is 0 Å². The summed E-state index contributed by atoms with van der Waals surface area (Å²) in [5.74, 6) is 0.903. The monoisotopic (exact) mass is 398 g/mol. The Bertz CT molecular complexity index is 1300. The topological polar surface area (TPSA) is 85.9 Å². The number of hydrogen-bond acceptors (Lipinski definition) is 4. The molecule has 1 fully saturated rings. The number of nitriles is 1. The molecule has 1 saturated heterocycles. The van der Waals surface area contributed by atoms with Gasteiger partial charge in [-0.25, -0.2) is 0 Å². The van der Waals surface area contributed by atoms with Crippen LogP contribution in [0.5, 0.6) is 0 Å². The number of carbonyl (C=O) groups excluding carboxylic acids is 1. The van der Waals surface area contributed by atoms with E-state index in [1.165, 1.54) is 0 Å². The minimum atomic E-state index is 0.0309. The average Bonchev–Trinajstić information content (AvgIpc) is 3.31. The fraction of sp³-hybridized carbons (Fsp3) is 0.292. The van der Waals surface area contributed by atoms with Gasteiger partial charge >= 0.3 is 0 Å². The number of benzene rings is 2. The van der Waals surface area contributed by atoms with Crippen molar-refractivity contribution >= 4 is 27.7 Å². The quantitative estimate of drug-likeness (QED) is 0.517. The summed E-state index contributed by atoms with van der Waals surface area (Å²) < 4.78 is 5.33. The van der Waals surface area contributed by atoms with E-state index in [0.29, 0.717) is 18.7 Å². The van der Waals surface area contributed by atoms with Crippen LogP contribution in [0.2, 0.25) is 0 Å². The maximum absolute atomic E-state index is 12.9. The Morgan fingerprint density at radius 3 is 2.63 bits per heavy atom. The number of hydrogen-bond donors (Lipinski definition) is 1. The van der Waals surface area contributed by atoms with Crippen molar-refractivity contribution in [3.63, 3.8) is 0 Å². The van der Waals surface area contributed by atoms with Crippen molar-refractivity contribution in [2.45, 2.75) is 26.7 Å². The van der Waals surface area contributed by atoms with Gasteiger partial charge in [0.1, 0.15) is 5.76 Å². The zero-order valence-electron chi connectivity index (χ0n) is 17.0. The molecular formula is C24H22N4O2. The first kappa shape index (κ1) is 18.4. The van der Waals surface area contributed by atoms with Gasteiger partial charge in [0.05, 0.1) is 11.8 Å². The summed E-state index contributed by atoms with van der Waals surface area (Å²) in [5.41, 5.74) is 5.62. The standard InChI is InChI=1S/C24H22N4O2/c1-14-23(15(2)30-27-14)17-4-6-21-20(11-17)19-5-3-18(12-22(19)26-21)24(29)28-9-7-16(13-25)8-10-28/h3-6,11-12,16,26H,7-10H2,1-2H3. The summed E-state index contributed by atoms with van der Waals surface area (Å²) >= 11 is 0. The van der Waals surface area contributed by atoms with Crippen molar-refractivity contribution in [2.75, 3.05) is 13.1 Å². The maximum atomic E-state index is 12.9. The molecule has 6 nitrogen and oxygen atoms in total. The second-order valence-corrected chi connectivity index (χ2v) is 8.04. The molecule has 0 aliphatic carbocycles. The number of rotatable bonds is 2. The van der Waals surface area contributed by atoms with Crippen LogP contribution < -0.4 is 0 Å². The highest BCUT2D eigenvalue weighted by Crippen LogP contribution is 2.33. The number of amides is 1. The first-order chi connectivity index (χ1) is 14.5. The van der Waals surface area contributed by atoms with Crippen molar-refractivity contribution in [1.29, 1.82) is 5.26 Å². The molecule has 0 unspecified atom stereocenters. The van der Waals surface area contributed by atoms with E-state index in [4.69, 9.17) is 9.78 Å². The van der Waals surface area contributed by atoms with Crippen LogP contribution in [-0.2, 0) is 0 Å². The Morgan fingerprint density at radius 1 is 1.13 bits per heavy atom. The predicted molar refractivity (Wildman–Crippen MR) is 115 cm³/mol. The molecule has 2 aromatic carbocycles. The third kappa shape index (κ3) is 2.94. The number of likely N-dealkylation sites (tertiary alicyclic amines) is 1. The molecular weight excluding hydrogens is 376 g/mol. The van der Waals surface area contributed by atoms with E-state index in [1.807, 2.05) is 36.9 Å². The third-order valence-electron chi connectivity index (χ3n) is 6.13. The molecule has 30 heavy (non-hydrogen) atoms. The van der Waals surface area contributed by atoms with Gasteiger partial charge in [-0.2, -0.15) is 5.26 Å². The maximum Gasteiger partial charge on any atom is 0.253 e. The lowest BCUT2D eigenvalue weighted by Gasteiger charge is -2.29. The zero-order valence-corrected chi connectivity index (χ0v) is 17.0. The third-order valence-corrected chi connectivity index (χ3v) is 6.13. The fourth-order valence-electron chi connectivity index (χ4n) is 4.48. The van der Waals surface area contributed by atoms with Crippen LogP contribution >= 0.6 is 0 Å². The van der Waals surface area contributed by atoms with E-state index >= 15 is 0 Å². The number of piperidine rings is 1. The highest BCUT2D eigenvalue weighted by atomic mass is 16.5. The lowest BCUT2D eigenvalue weighted by atomic mass is 9.98. The highest BCUT2D eigenvalue weighted by Gasteiger charge is 2.24. The van der Waals surface area contributed by atoms with E-state index in [0.717, 1.165) is 57.2 Å². The first-order valence-corrected chi connectivity index (χ1v) is 10.2. The molecule has 1 aliphatic rings. The molecule has 0 radical (unpaired) electrons.